The van der Waals surface area contributed by atoms with Gasteiger partial charge in [0.05, 0.1) is 18.3 Å². The summed E-state index contributed by atoms with van der Waals surface area (Å²) in [7, 11) is 1.66. The zero-order chi connectivity index (χ0) is 21.2. The molecule has 0 bridgehead atoms. The highest BCUT2D eigenvalue weighted by molar-refractivity contribution is 5.95. The standard InChI is InChI=1S/C25H22N4O2/c1-31-22-12-9-18-15-19-13-14-29(24(19)26-23(18)16-22)21-10-7-17(8-11-21)25(30)28-27-20-5-3-2-4-6-20/h2-12,15-16,27H,13-14H2,1H3,(H,28,30). The molecule has 1 aromatic heterocycles. The van der Waals surface area contributed by atoms with Crippen molar-refractivity contribution in [1.29, 1.82) is 0 Å². The largest absolute Gasteiger partial charge is 0.497 e. The van der Waals surface area contributed by atoms with Crippen LogP contribution in [0.3, 0.4) is 0 Å². The third-order valence-corrected chi connectivity index (χ3v) is 5.48. The zero-order valence-corrected chi connectivity index (χ0v) is 17.1. The van der Waals surface area contributed by atoms with E-state index in [0.717, 1.165) is 46.8 Å². The van der Waals surface area contributed by atoms with Crippen LogP contribution in [0.25, 0.3) is 10.9 Å². The van der Waals surface area contributed by atoms with Crippen molar-refractivity contribution in [2.45, 2.75) is 6.42 Å². The van der Waals surface area contributed by atoms with Crippen LogP contribution in [0.5, 0.6) is 5.75 Å². The Bertz CT molecular complexity index is 1240. The van der Waals surface area contributed by atoms with Crippen molar-refractivity contribution < 1.29 is 9.53 Å². The molecule has 0 unspecified atom stereocenters. The summed E-state index contributed by atoms with van der Waals surface area (Å²) in [4.78, 5) is 19.5. The Kier molecular flexibility index (Phi) is 4.88. The second-order valence-electron chi connectivity index (χ2n) is 7.42. The van der Waals surface area contributed by atoms with Gasteiger partial charge in [-0.3, -0.25) is 15.6 Å². The van der Waals surface area contributed by atoms with Gasteiger partial charge < -0.3 is 9.64 Å². The molecule has 0 spiro atoms. The number of amides is 1. The van der Waals surface area contributed by atoms with Crippen LogP contribution in [0.15, 0.2) is 78.9 Å². The van der Waals surface area contributed by atoms with E-state index in [-0.39, 0.29) is 5.91 Å². The van der Waals surface area contributed by atoms with E-state index in [0.29, 0.717) is 5.56 Å². The molecule has 154 valence electrons. The molecule has 0 radical (unpaired) electrons. The number of nitrogens with one attached hydrogen (secondary N) is 2. The average Bonchev–Trinajstić information content (AvgIpc) is 3.24. The number of hydrogen-bond donors (Lipinski definition) is 2. The molecule has 0 saturated carbocycles. The maximum Gasteiger partial charge on any atom is 0.269 e. The van der Waals surface area contributed by atoms with Gasteiger partial charge in [-0.05, 0) is 66.6 Å². The molecule has 31 heavy (non-hydrogen) atoms. The molecule has 0 atom stereocenters. The van der Waals surface area contributed by atoms with Gasteiger partial charge in [-0.15, -0.1) is 0 Å². The highest BCUT2D eigenvalue weighted by Gasteiger charge is 2.23. The lowest BCUT2D eigenvalue weighted by Gasteiger charge is -2.19. The molecule has 0 aliphatic carbocycles. The summed E-state index contributed by atoms with van der Waals surface area (Å²) in [5.74, 6) is 1.57. The summed E-state index contributed by atoms with van der Waals surface area (Å²) in [5, 5.41) is 1.11. The third-order valence-electron chi connectivity index (χ3n) is 5.48. The fraction of sp³-hybridized carbons (Fsp3) is 0.120. The Morgan fingerprint density at radius 1 is 1.00 bits per heavy atom. The number of carbonyl (C=O) groups is 1. The maximum absolute atomic E-state index is 12.4. The van der Waals surface area contributed by atoms with Crippen molar-refractivity contribution in [2.75, 3.05) is 24.0 Å². The lowest BCUT2D eigenvalue weighted by atomic mass is 10.1. The van der Waals surface area contributed by atoms with Crippen molar-refractivity contribution in [2.24, 2.45) is 0 Å². The molecule has 3 aromatic carbocycles. The van der Waals surface area contributed by atoms with Crippen LogP contribution in [-0.4, -0.2) is 24.5 Å². The summed E-state index contributed by atoms with van der Waals surface area (Å²) < 4.78 is 5.34. The summed E-state index contributed by atoms with van der Waals surface area (Å²) >= 11 is 0. The van der Waals surface area contributed by atoms with E-state index < -0.39 is 0 Å². The van der Waals surface area contributed by atoms with E-state index in [4.69, 9.17) is 9.72 Å². The van der Waals surface area contributed by atoms with Crippen molar-refractivity contribution in [3.63, 3.8) is 0 Å². The summed E-state index contributed by atoms with van der Waals surface area (Å²) in [6, 6.07) is 25.3. The fourth-order valence-electron chi connectivity index (χ4n) is 3.83. The Labute approximate surface area is 180 Å². The van der Waals surface area contributed by atoms with Crippen molar-refractivity contribution in [1.82, 2.24) is 10.4 Å². The fourth-order valence-corrected chi connectivity index (χ4v) is 3.83. The highest BCUT2D eigenvalue weighted by Crippen LogP contribution is 2.35. The van der Waals surface area contributed by atoms with Gasteiger partial charge in [0.25, 0.3) is 5.91 Å². The zero-order valence-electron chi connectivity index (χ0n) is 17.1. The van der Waals surface area contributed by atoms with E-state index in [2.05, 4.69) is 21.8 Å². The van der Waals surface area contributed by atoms with Crippen LogP contribution in [-0.2, 0) is 6.42 Å². The molecule has 1 aliphatic heterocycles. The topological polar surface area (TPSA) is 66.5 Å². The van der Waals surface area contributed by atoms with Gasteiger partial charge in [0.15, 0.2) is 0 Å². The Hall–Kier alpha value is -4.06. The van der Waals surface area contributed by atoms with Crippen LogP contribution < -0.4 is 20.5 Å². The normalized spacial score (nSPS) is 12.5. The van der Waals surface area contributed by atoms with Gasteiger partial charge in [0.1, 0.15) is 11.6 Å². The predicted molar refractivity (Wildman–Crippen MR) is 123 cm³/mol. The van der Waals surface area contributed by atoms with Gasteiger partial charge in [-0.2, -0.15) is 0 Å². The predicted octanol–water partition coefficient (Wildman–Crippen LogP) is 4.69. The number of nitrogens with zero attached hydrogens (tertiary/aromatic N) is 2. The van der Waals surface area contributed by atoms with E-state index in [1.165, 1.54) is 5.56 Å². The Morgan fingerprint density at radius 2 is 1.81 bits per heavy atom. The maximum atomic E-state index is 12.4. The lowest BCUT2D eigenvalue weighted by molar-refractivity contribution is 0.0962. The smallest absolute Gasteiger partial charge is 0.269 e. The Morgan fingerprint density at radius 3 is 2.58 bits per heavy atom. The minimum Gasteiger partial charge on any atom is -0.497 e. The van der Waals surface area contributed by atoms with Crippen LogP contribution >= 0.6 is 0 Å². The first-order valence-corrected chi connectivity index (χ1v) is 10.2. The molecule has 5 rings (SSSR count). The quantitative estimate of drug-likeness (QED) is 0.467. The molecule has 1 amide bonds. The number of rotatable bonds is 5. The molecule has 6 nitrogen and oxygen atoms in total. The summed E-state index contributed by atoms with van der Waals surface area (Å²) in [6.07, 6.45) is 0.938. The van der Waals surface area contributed by atoms with E-state index in [9.17, 15) is 4.79 Å². The van der Waals surface area contributed by atoms with Crippen molar-refractivity contribution in [3.05, 3.63) is 90.0 Å². The number of aromatic nitrogens is 1. The highest BCUT2D eigenvalue weighted by atomic mass is 16.5. The molecular weight excluding hydrogens is 388 g/mol. The van der Waals surface area contributed by atoms with Gasteiger partial charge in [0.2, 0.25) is 0 Å². The number of para-hydroxylation sites is 1. The molecule has 1 aliphatic rings. The van der Waals surface area contributed by atoms with Gasteiger partial charge >= 0.3 is 0 Å². The number of anilines is 3. The molecule has 4 aromatic rings. The minimum absolute atomic E-state index is 0.187. The first-order chi connectivity index (χ1) is 15.2. The number of hydrogen-bond acceptors (Lipinski definition) is 5. The molecular formula is C25H22N4O2. The number of methoxy groups -OCH3 is 1. The first-order valence-electron chi connectivity index (χ1n) is 10.2. The summed E-state index contributed by atoms with van der Waals surface area (Å²) in [6.45, 7) is 0.858. The third kappa shape index (κ3) is 3.75. The monoisotopic (exact) mass is 410 g/mol. The number of fused-ring (bicyclic) bond motifs is 2. The number of carbonyl (C=O) groups excluding carboxylic acids is 1. The van der Waals surface area contributed by atoms with Crippen LogP contribution in [0.2, 0.25) is 0 Å². The molecule has 2 N–H and O–H groups in total. The second-order valence-corrected chi connectivity index (χ2v) is 7.42. The SMILES string of the molecule is COc1ccc2cc3c(nc2c1)N(c1ccc(C(=O)NNc2ccccc2)cc1)CC3. The van der Waals surface area contributed by atoms with E-state index >= 15 is 0 Å². The minimum atomic E-state index is -0.187. The van der Waals surface area contributed by atoms with Gasteiger partial charge in [-0.25, -0.2) is 4.98 Å². The Balaban J connectivity index is 1.35. The number of hydrazine groups is 1. The van der Waals surface area contributed by atoms with E-state index in [1.807, 2.05) is 72.8 Å². The second kappa shape index (κ2) is 7.99. The lowest BCUT2D eigenvalue weighted by Crippen LogP contribution is -2.29. The molecule has 6 heteroatoms. The number of pyridine rings is 1. The molecule has 0 fully saturated rings. The molecule has 2 heterocycles. The van der Waals surface area contributed by atoms with Gasteiger partial charge in [0, 0.05) is 29.2 Å². The number of benzene rings is 3. The van der Waals surface area contributed by atoms with Crippen LogP contribution in [0.1, 0.15) is 15.9 Å². The number of ether oxygens (including phenoxy) is 1. The average molecular weight is 410 g/mol. The van der Waals surface area contributed by atoms with Crippen molar-refractivity contribution in [3.8, 4) is 5.75 Å². The van der Waals surface area contributed by atoms with Crippen molar-refractivity contribution >= 4 is 34.0 Å². The summed E-state index contributed by atoms with van der Waals surface area (Å²) in [5.41, 5.74) is 10.2. The van der Waals surface area contributed by atoms with Gasteiger partial charge in [-0.1, -0.05) is 18.2 Å². The van der Waals surface area contributed by atoms with E-state index in [1.54, 1.807) is 7.11 Å². The van der Waals surface area contributed by atoms with Crippen LogP contribution in [0.4, 0.5) is 17.2 Å². The van der Waals surface area contributed by atoms with Crippen LogP contribution in [0, 0.1) is 0 Å². The molecule has 0 saturated heterocycles. The first kappa shape index (κ1) is 18.9.